The quantitative estimate of drug-likeness (QED) is 0.825. The molecule has 1 amide bonds. The molecule has 7 heteroatoms. The highest BCUT2D eigenvalue weighted by Crippen LogP contribution is 2.31. The van der Waals surface area contributed by atoms with Crippen molar-refractivity contribution >= 4 is 46.1 Å². The summed E-state index contributed by atoms with van der Waals surface area (Å²) in [5.74, 6) is -0.247. The van der Waals surface area contributed by atoms with Gasteiger partial charge >= 0.3 is 0 Å². The minimum Gasteiger partial charge on any atom is -0.397 e. The fourth-order valence-corrected chi connectivity index (χ4v) is 4.34. The molecule has 0 spiro atoms. The second kappa shape index (κ2) is 6.67. The van der Waals surface area contributed by atoms with Crippen molar-refractivity contribution in [2.24, 2.45) is 0 Å². The molecular formula is C16H17Cl2N3OS. The van der Waals surface area contributed by atoms with Crippen LogP contribution in [-0.2, 0) is 19.4 Å². The molecule has 0 saturated carbocycles. The molecule has 0 atom stereocenters. The molecule has 4 nitrogen and oxygen atoms in total. The summed E-state index contributed by atoms with van der Waals surface area (Å²) in [7, 11) is 1.72. The van der Waals surface area contributed by atoms with Crippen LogP contribution in [0.1, 0.15) is 38.8 Å². The largest absolute Gasteiger partial charge is 0.397 e. The second-order valence-corrected chi connectivity index (χ2v) is 7.65. The van der Waals surface area contributed by atoms with Crippen molar-refractivity contribution in [1.29, 1.82) is 0 Å². The van der Waals surface area contributed by atoms with Crippen LogP contribution in [0.5, 0.6) is 0 Å². The Morgan fingerprint density at radius 3 is 2.74 bits per heavy atom. The third-order valence-corrected chi connectivity index (χ3v) is 5.75. The van der Waals surface area contributed by atoms with Gasteiger partial charge in [-0.05, 0) is 37.8 Å². The molecule has 1 aromatic carbocycles. The first-order valence-corrected chi connectivity index (χ1v) is 9.01. The lowest BCUT2D eigenvalue weighted by Gasteiger charge is -2.18. The van der Waals surface area contributed by atoms with E-state index in [2.05, 4.69) is 4.98 Å². The number of fused-ring (bicyclic) bond motifs is 1. The molecule has 1 aliphatic carbocycles. The summed E-state index contributed by atoms with van der Waals surface area (Å²) < 4.78 is 0. The van der Waals surface area contributed by atoms with E-state index in [1.54, 1.807) is 35.4 Å². The molecule has 0 radical (unpaired) electrons. The summed E-state index contributed by atoms with van der Waals surface area (Å²) in [6, 6.07) is 3.17. The summed E-state index contributed by atoms with van der Waals surface area (Å²) in [5, 5.41) is 1.59. The van der Waals surface area contributed by atoms with E-state index in [0.717, 1.165) is 17.8 Å². The van der Waals surface area contributed by atoms with Gasteiger partial charge in [0, 0.05) is 11.9 Å². The number of halogens is 2. The first-order valence-electron chi connectivity index (χ1n) is 7.43. The number of hydrogen-bond donors (Lipinski definition) is 1. The summed E-state index contributed by atoms with van der Waals surface area (Å²) in [4.78, 5) is 20.3. The highest BCUT2D eigenvalue weighted by Gasteiger charge is 2.22. The van der Waals surface area contributed by atoms with E-state index in [1.807, 2.05) is 0 Å². The minimum absolute atomic E-state index is 0.217. The maximum Gasteiger partial charge on any atom is 0.257 e. The maximum atomic E-state index is 12.7. The van der Waals surface area contributed by atoms with E-state index in [4.69, 9.17) is 28.9 Å². The van der Waals surface area contributed by atoms with E-state index in [-0.39, 0.29) is 17.2 Å². The van der Waals surface area contributed by atoms with Gasteiger partial charge in [-0.3, -0.25) is 4.79 Å². The van der Waals surface area contributed by atoms with Gasteiger partial charge in [0.05, 0.1) is 33.5 Å². The lowest BCUT2D eigenvalue weighted by Crippen LogP contribution is -2.27. The number of nitrogens with zero attached hydrogens (tertiary/aromatic N) is 2. The van der Waals surface area contributed by atoms with Gasteiger partial charge in [0.2, 0.25) is 0 Å². The van der Waals surface area contributed by atoms with E-state index in [1.165, 1.54) is 23.4 Å². The van der Waals surface area contributed by atoms with Crippen molar-refractivity contribution in [2.45, 2.75) is 32.2 Å². The van der Waals surface area contributed by atoms with Crippen LogP contribution in [-0.4, -0.2) is 22.8 Å². The Labute approximate surface area is 149 Å². The molecule has 0 fully saturated rings. The summed E-state index contributed by atoms with van der Waals surface area (Å²) >= 11 is 13.8. The monoisotopic (exact) mass is 369 g/mol. The standard InChI is InChI=1S/C16H17Cl2N3OS/c1-21(8-13-20-11-4-2-3-5-12(11)23-13)16(22)14-9(17)6-7-10(18)15(14)19/h6-7H,2-5,8,19H2,1H3. The highest BCUT2D eigenvalue weighted by molar-refractivity contribution is 7.11. The van der Waals surface area contributed by atoms with Crippen LogP contribution in [0.15, 0.2) is 12.1 Å². The molecule has 0 aliphatic heterocycles. The Morgan fingerprint density at radius 2 is 2.00 bits per heavy atom. The number of hydrogen-bond acceptors (Lipinski definition) is 4. The smallest absolute Gasteiger partial charge is 0.257 e. The second-order valence-electron chi connectivity index (χ2n) is 5.66. The van der Waals surface area contributed by atoms with Crippen molar-refractivity contribution in [3.8, 4) is 0 Å². The van der Waals surface area contributed by atoms with Gasteiger partial charge in [-0.2, -0.15) is 0 Å². The Morgan fingerprint density at radius 1 is 1.30 bits per heavy atom. The number of benzene rings is 1. The zero-order chi connectivity index (χ0) is 16.6. The van der Waals surface area contributed by atoms with Crippen molar-refractivity contribution in [2.75, 3.05) is 12.8 Å². The number of rotatable bonds is 3. The molecule has 23 heavy (non-hydrogen) atoms. The number of amides is 1. The lowest BCUT2D eigenvalue weighted by molar-refractivity contribution is 0.0786. The van der Waals surface area contributed by atoms with Crippen LogP contribution >= 0.6 is 34.5 Å². The predicted molar refractivity (Wildman–Crippen MR) is 95.4 cm³/mol. The van der Waals surface area contributed by atoms with Gasteiger partial charge in [-0.1, -0.05) is 23.2 Å². The number of nitrogens with two attached hydrogens (primary N) is 1. The van der Waals surface area contributed by atoms with E-state index in [9.17, 15) is 4.79 Å². The van der Waals surface area contributed by atoms with Crippen molar-refractivity contribution in [1.82, 2.24) is 9.88 Å². The van der Waals surface area contributed by atoms with Gasteiger partial charge in [0.1, 0.15) is 5.01 Å². The number of thiazole rings is 1. The number of aromatic nitrogens is 1. The fourth-order valence-electron chi connectivity index (χ4n) is 2.72. The van der Waals surface area contributed by atoms with Crippen LogP contribution in [0.4, 0.5) is 5.69 Å². The number of anilines is 1. The number of carbonyl (C=O) groups excluding carboxylic acids is 1. The SMILES string of the molecule is CN(Cc1nc2c(s1)CCCC2)C(=O)c1c(Cl)ccc(Cl)c1N. The van der Waals surface area contributed by atoms with Gasteiger partial charge in [-0.25, -0.2) is 4.98 Å². The van der Waals surface area contributed by atoms with Crippen molar-refractivity contribution < 1.29 is 4.79 Å². The third kappa shape index (κ3) is 3.32. The van der Waals surface area contributed by atoms with Crippen LogP contribution in [0.3, 0.4) is 0 Å². The minimum atomic E-state index is -0.247. The van der Waals surface area contributed by atoms with Gasteiger partial charge in [-0.15, -0.1) is 11.3 Å². The van der Waals surface area contributed by atoms with E-state index in [0.29, 0.717) is 16.6 Å². The first kappa shape index (κ1) is 16.6. The summed E-state index contributed by atoms with van der Waals surface area (Å²) in [6.07, 6.45) is 4.55. The van der Waals surface area contributed by atoms with Gasteiger partial charge < -0.3 is 10.6 Å². The van der Waals surface area contributed by atoms with E-state index >= 15 is 0 Å². The molecule has 1 aliphatic rings. The molecule has 0 unspecified atom stereocenters. The molecule has 122 valence electrons. The fraction of sp³-hybridized carbons (Fsp3) is 0.375. The summed E-state index contributed by atoms with van der Waals surface area (Å²) in [6.45, 7) is 0.443. The summed E-state index contributed by atoms with van der Waals surface area (Å²) in [5.41, 5.74) is 7.58. The van der Waals surface area contributed by atoms with Crippen LogP contribution in [0.25, 0.3) is 0 Å². The van der Waals surface area contributed by atoms with Crippen molar-refractivity contribution in [3.05, 3.63) is 43.3 Å². The van der Waals surface area contributed by atoms with Gasteiger partial charge in [0.25, 0.3) is 5.91 Å². The molecule has 3 rings (SSSR count). The molecule has 2 N–H and O–H groups in total. The topological polar surface area (TPSA) is 59.2 Å². The third-order valence-electron chi connectivity index (χ3n) is 3.96. The Bertz CT molecular complexity index is 737. The van der Waals surface area contributed by atoms with Crippen molar-refractivity contribution in [3.63, 3.8) is 0 Å². The zero-order valence-corrected chi connectivity index (χ0v) is 15.1. The molecule has 2 aromatic rings. The maximum absolute atomic E-state index is 12.7. The highest BCUT2D eigenvalue weighted by atomic mass is 35.5. The molecule has 1 heterocycles. The Kier molecular flexibility index (Phi) is 4.80. The molecular weight excluding hydrogens is 353 g/mol. The number of aryl methyl sites for hydroxylation is 2. The van der Waals surface area contributed by atoms with Crippen LogP contribution in [0.2, 0.25) is 10.0 Å². The zero-order valence-electron chi connectivity index (χ0n) is 12.7. The lowest BCUT2D eigenvalue weighted by atomic mass is 10.0. The average Bonchev–Trinajstić information content (AvgIpc) is 2.93. The Hall–Kier alpha value is -1.30. The van der Waals surface area contributed by atoms with Gasteiger partial charge in [0.15, 0.2) is 0 Å². The van der Waals surface area contributed by atoms with Crippen LogP contribution in [0, 0.1) is 0 Å². The molecule has 1 aromatic heterocycles. The van der Waals surface area contributed by atoms with Crippen LogP contribution < -0.4 is 5.73 Å². The van der Waals surface area contributed by atoms with E-state index < -0.39 is 0 Å². The average molecular weight is 370 g/mol. The predicted octanol–water partition coefficient (Wildman–Crippen LogP) is 4.18. The first-order chi connectivity index (χ1) is 11.0. The molecule has 0 bridgehead atoms. The number of nitrogen functional groups attached to an aromatic ring is 1. The Balaban J connectivity index is 1.80. The number of carbonyl (C=O) groups is 1. The molecule has 0 saturated heterocycles. The normalized spacial score (nSPS) is 13.7.